The molecule has 0 fully saturated rings. The smallest absolute Gasteiger partial charge is 0.244 e. The van der Waals surface area contributed by atoms with E-state index in [0.29, 0.717) is 27.4 Å². The van der Waals surface area contributed by atoms with Gasteiger partial charge in [-0.25, -0.2) is 8.42 Å². The lowest BCUT2D eigenvalue weighted by molar-refractivity contribution is -0.116. The van der Waals surface area contributed by atoms with Gasteiger partial charge in [0, 0.05) is 22.1 Å². The number of para-hydroxylation sites is 1. The first-order chi connectivity index (χ1) is 15.8. The SMILES string of the molecule is COc1ccc(Cl)cc1NC(=O)Cn1cc(S(=O)(=O)Cc2ccccc2C)c2ccccc21. The van der Waals surface area contributed by atoms with Gasteiger partial charge in [0.15, 0.2) is 9.84 Å². The first kappa shape index (κ1) is 22.9. The molecule has 0 radical (unpaired) electrons. The Labute approximate surface area is 197 Å². The van der Waals surface area contributed by atoms with Crippen molar-refractivity contribution in [3.05, 3.63) is 89.1 Å². The highest BCUT2D eigenvalue weighted by Crippen LogP contribution is 2.30. The van der Waals surface area contributed by atoms with E-state index < -0.39 is 9.84 Å². The summed E-state index contributed by atoms with van der Waals surface area (Å²) < 4.78 is 33.6. The van der Waals surface area contributed by atoms with Gasteiger partial charge < -0.3 is 14.6 Å². The third-order valence-electron chi connectivity index (χ3n) is 5.44. The summed E-state index contributed by atoms with van der Waals surface area (Å²) in [4.78, 5) is 13.0. The summed E-state index contributed by atoms with van der Waals surface area (Å²) in [5.74, 6) is 0.0327. The van der Waals surface area contributed by atoms with Crippen LogP contribution in [0.5, 0.6) is 5.75 Å². The second-order valence-electron chi connectivity index (χ2n) is 7.72. The molecular weight excluding hydrogens is 460 g/mol. The van der Waals surface area contributed by atoms with Crippen molar-refractivity contribution in [1.29, 1.82) is 0 Å². The van der Waals surface area contributed by atoms with E-state index in [2.05, 4.69) is 5.32 Å². The molecule has 1 aromatic heterocycles. The molecular formula is C25H23ClN2O4S. The molecule has 0 aliphatic heterocycles. The monoisotopic (exact) mass is 482 g/mol. The lowest BCUT2D eigenvalue weighted by Crippen LogP contribution is -2.18. The van der Waals surface area contributed by atoms with Crippen molar-refractivity contribution in [2.24, 2.45) is 0 Å². The summed E-state index contributed by atoms with van der Waals surface area (Å²) in [6.07, 6.45) is 1.53. The largest absolute Gasteiger partial charge is 0.495 e. The molecule has 1 heterocycles. The Kier molecular flexibility index (Phi) is 6.44. The van der Waals surface area contributed by atoms with E-state index in [9.17, 15) is 13.2 Å². The molecule has 0 aliphatic carbocycles. The van der Waals surface area contributed by atoms with Gasteiger partial charge in [0.2, 0.25) is 5.91 Å². The number of anilines is 1. The molecule has 4 aromatic rings. The summed E-state index contributed by atoms with van der Waals surface area (Å²) in [5.41, 5.74) is 2.77. The molecule has 6 nitrogen and oxygen atoms in total. The first-order valence-electron chi connectivity index (χ1n) is 10.3. The molecule has 3 aromatic carbocycles. The van der Waals surface area contributed by atoms with Crippen LogP contribution in [0, 0.1) is 6.92 Å². The maximum absolute atomic E-state index is 13.3. The zero-order valence-corrected chi connectivity index (χ0v) is 19.8. The van der Waals surface area contributed by atoms with E-state index in [4.69, 9.17) is 16.3 Å². The predicted molar refractivity (Wildman–Crippen MR) is 131 cm³/mol. The molecule has 0 atom stereocenters. The topological polar surface area (TPSA) is 77.4 Å². The van der Waals surface area contributed by atoms with Crippen molar-refractivity contribution in [2.45, 2.75) is 24.1 Å². The van der Waals surface area contributed by atoms with Crippen LogP contribution in [-0.4, -0.2) is 26.0 Å². The number of carbonyl (C=O) groups is 1. The lowest BCUT2D eigenvalue weighted by atomic mass is 10.1. The van der Waals surface area contributed by atoms with Crippen molar-refractivity contribution in [3.63, 3.8) is 0 Å². The maximum Gasteiger partial charge on any atom is 0.244 e. The third kappa shape index (κ3) is 4.89. The quantitative estimate of drug-likeness (QED) is 0.391. The molecule has 0 spiro atoms. The Bertz CT molecular complexity index is 1440. The minimum absolute atomic E-state index is 0.0733. The number of sulfone groups is 1. The molecule has 0 unspecified atom stereocenters. The maximum atomic E-state index is 13.3. The molecule has 33 heavy (non-hydrogen) atoms. The second kappa shape index (κ2) is 9.29. The number of nitrogens with one attached hydrogen (secondary N) is 1. The molecule has 0 bridgehead atoms. The van der Waals surface area contributed by atoms with Crippen molar-refractivity contribution >= 4 is 43.9 Å². The van der Waals surface area contributed by atoms with Gasteiger partial charge in [-0.2, -0.15) is 0 Å². The molecule has 0 aliphatic rings. The zero-order valence-electron chi connectivity index (χ0n) is 18.2. The van der Waals surface area contributed by atoms with Crippen LogP contribution in [0.4, 0.5) is 5.69 Å². The number of methoxy groups -OCH3 is 1. The van der Waals surface area contributed by atoms with E-state index in [0.717, 1.165) is 11.1 Å². The van der Waals surface area contributed by atoms with Crippen molar-refractivity contribution < 1.29 is 17.9 Å². The van der Waals surface area contributed by atoms with E-state index in [1.165, 1.54) is 13.3 Å². The average molecular weight is 483 g/mol. The van der Waals surface area contributed by atoms with E-state index in [1.807, 2.05) is 37.3 Å². The summed E-state index contributed by atoms with van der Waals surface area (Å²) in [7, 11) is -2.14. The summed E-state index contributed by atoms with van der Waals surface area (Å²) in [6.45, 7) is 1.82. The molecule has 0 saturated carbocycles. The van der Waals surface area contributed by atoms with Gasteiger partial charge in [0.05, 0.1) is 23.4 Å². The number of ether oxygens (including phenoxy) is 1. The van der Waals surface area contributed by atoms with Crippen LogP contribution in [-0.2, 0) is 26.9 Å². The van der Waals surface area contributed by atoms with Gasteiger partial charge in [-0.1, -0.05) is 54.1 Å². The number of nitrogens with zero attached hydrogens (tertiary/aromatic N) is 1. The molecule has 170 valence electrons. The number of aromatic nitrogens is 1. The summed E-state index contributed by atoms with van der Waals surface area (Å²) in [5, 5.41) is 3.83. The van der Waals surface area contributed by atoms with Gasteiger partial charge in [0.1, 0.15) is 12.3 Å². The summed E-state index contributed by atoms with van der Waals surface area (Å²) >= 11 is 6.05. The highest BCUT2D eigenvalue weighted by molar-refractivity contribution is 7.90. The van der Waals surface area contributed by atoms with Crippen molar-refractivity contribution in [3.8, 4) is 5.75 Å². The highest BCUT2D eigenvalue weighted by Gasteiger charge is 2.23. The Morgan fingerprint density at radius 3 is 2.55 bits per heavy atom. The van der Waals surface area contributed by atoms with Gasteiger partial charge in [-0.05, 0) is 42.3 Å². The number of hydrogen-bond acceptors (Lipinski definition) is 4. The van der Waals surface area contributed by atoms with Gasteiger partial charge in [-0.15, -0.1) is 0 Å². The minimum atomic E-state index is -3.64. The number of benzene rings is 3. The Balaban J connectivity index is 1.66. The highest BCUT2D eigenvalue weighted by atomic mass is 35.5. The Morgan fingerprint density at radius 2 is 1.79 bits per heavy atom. The molecule has 8 heteroatoms. The van der Waals surface area contributed by atoms with Crippen LogP contribution in [0.3, 0.4) is 0 Å². The van der Waals surface area contributed by atoms with E-state index in [-0.39, 0.29) is 23.1 Å². The van der Waals surface area contributed by atoms with Gasteiger partial charge in [0.25, 0.3) is 0 Å². The lowest BCUT2D eigenvalue weighted by Gasteiger charge is -2.11. The normalized spacial score (nSPS) is 11.5. The zero-order chi connectivity index (χ0) is 23.6. The van der Waals surface area contributed by atoms with Crippen LogP contribution < -0.4 is 10.1 Å². The van der Waals surface area contributed by atoms with E-state index >= 15 is 0 Å². The number of hydrogen-bond donors (Lipinski definition) is 1. The van der Waals surface area contributed by atoms with Gasteiger partial charge in [-0.3, -0.25) is 4.79 Å². The number of amides is 1. The minimum Gasteiger partial charge on any atom is -0.495 e. The average Bonchev–Trinajstić information content (AvgIpc) is 3.15. The molecule has 4 rings (SSSR count). The molecule has 0 saturated heterocycles. The Morgan fingerprint density at radius 1 is 1.06 bits per heavy atom. The van der Waals surface area contributed by atoms with Crippen LogP contribution in [0.2, 0.25) is 5.02 Å². The van der Waals surface area contributed by atoms with E-state index in [1.54, 1.807) is 41.0 Å². The first-order valence-corrected chi connectivity index (χ1v) is 12.3. The van der Waals surface area contributed by atoms with Crippen LogP contribution in [0.25, 0.3) is 10.9 Å². The van der Waals surface area contributed by atoms with Crippen LogP contribution >= 0.6 is 11.6 Å². The third-order valence-corrected chi connectivity index (χ3v) is 7.37. The Hall–Kier alpha value is -3.29. The van der Waals surface area contributed by atoms with Crippen LogP contribution in [0.15, 0.2) is 77.8 Å². The van der Waals surface area contributed by atoms with Crippen molar-refractivity contribution in [2.75, 3.05) is 12.4 Å². The predicted octanol–water partition coefficient (Wildman–Crippen LogP) is 5.22. The standard InChI is InChI=1S/C25H23ClN2O4S/c1-17-7-3-4-8-18(17)16-33(30,31)24-14-28(22-10-6-5-9-20(22)24)15-25(29)27-21-13-19(26)11-12-23(21)32-2/h3-14H,15-16H2,1-2H3,(H,27,29). The number of halogens is 1. The second-order valence-corrected chi connectivity index (χ2v) is 10.1. The number of carbonyl (C=O) groups excluding carboxylic acids is 1. The van der Waals surface area contributed by atoms with Crippen LogP contribution in [0.1, 0.15) is 11.1 Å². The fourth-order valence-electron chi connectivity index (χ4n) is 3.77. The summed E-state index contributed by atoms with van der Waals surface area (Å²) in [6, 6.07) is 19.5. The number of aryl methyl sites for hydroxylation is 1. The molecule has 1 amide bonds. The van der Waals surface area contributed by atoms with Gasteiger partial charge >= 0.3 is 0 Å². The number of rotatable bonds is 7. The van der Waals surface area contributed by atoms with Crippen molar-refractivity contribution in [1.82, 2.24) is 4.57 Å². The molecule has 1 N–H and O–H groups in total. The number of fused-ring (bicyclic) bond motifs is 1. The fraction of sp³-hybridized carbons (Fsp3) is 0.160. The fourth-order valence-corrected chi connectivity index (χ4v) is 5.63.